The summed E-state index contributed by atoms with van der Waals surface area (Å²) in [6, 6.07) is 11.9. The SMILES string of the molecule is COc1ccc([C@H](CC(C)C)NS(=O)(=O)c2ccccc2[N+](=O)[O-])cc1. The fourth-order valence-electron chi connectivity index (χ4n) is 2.65. The van der Waals surface area contributed by atoms with E-state index in [9.17, 15) is 18.5 Å². The summed E-state index contributed by atoms with van der Waals surface area (Å²) < 4.78 is 33.4. The maximum absolute atomic E-state index is 12.8. The van der Waals surface area contributed by atoms with Gasteiger partial charge in [-0.3, -0.25) is 10.1 Å². The van der Waals surface area contributed by atoms with Crippen LogP contribution in [0.15, 0.2) is 53.4 Å². The van der Waals surface area contributed by atoms with Gasteiger partial charge in [-0.2, -0.15) is 0 Å². The molecule has 2 aromatic rings. The predicted octanol–water partition coefficient (Wildman–Crippen LogP) is 3.67. The quantitative estimate of drug-likeness (QED) is 0.558. The first kappa shape index (κ1) is 19.9. The van der Waals surface area contributed by atoms with E-state index < -0.39 is 26.7 Å². The minimum Gasteiger partial charge on any atom is -0.497 e. The Labute approximate surface area is 153 Å². The molecule has 0 unspecified atom stereocenters. The summed E-state index contributed by atoms with van der Waals surface area (Å²) in [6.45, 7) is 3.96. The van der Waals surface area contributed by atoms with Gasteiger partial charge in [0, 0.05) is 12.1 Å². The summed E-state index contributed by atoms with van der Waals surface area (Å²) >= 11 is 0. The van der Waals surface area contributed by atoms with Crippen LogP contribution < -0.4 is 9.46 Å². The van der Waals surface area contributed by atoms with Gasteiger partial charge in [-0.1, -0.05) is 38.1 Å². The molecule has 1 N–H and O–H groups in total. The fourth-order valence-corrected chi connectivity index (χ4v) is 4.06. The number of hydrogen-bond donors (Lipinski definition) is 1. The number of hydrogen-bond acceptors (Lipinski definition) is 5. The minimum absolute atomic E-state index is 0.218. The number of nitro groups is 1. The van der Waals surface area contributed by atoms with Crippen LogP contribution in [0, 0.1) is 16.0 Å². The highest BCUT2D eigenvalue weighted by molar-refractivity contribution is 7.89. The zero-order valence-corrected chi connectivity index (χ0v) is 15.7. The normalized spacial score (nSPS) is 12.8. The van der Waals surface area contributed by atoms with Crippen LogP contribution in [0.4, 0.5) is 5.69 Å². The molecule has 0 aliphatic heterocycles. The van der Waals surface area contributed by atoms with Crippen molar-refractivity contribution in [2.24, 2.45) is 5.92 Å². The third-order valence-electron chi connectivity index (χ3n) is 3.87. The van der Waals surface area contributed by atoms with Crippen molar-refractivity contribution in [3.05, 3.63) is 64.2 Å². The van der Waals surface area contributed by atoms with Crippen LogP contribution in [0.2, 0.25) is 0 Å². The largest absolute Gasteiger partial charge is 0.497 e. The summed E-state index contributed by atoms with van der Waals surface area (Å²) in [5.74, 6) is 0.883. The molecule has 0 aromatic heterocycles. The van der Waals surface area contributed by atoms with E-state index in [1.807, 2.05) is 13.8 Å². The molecule has 1 atom stereocenters. The molecule has 0 radical (unpaired) electrons. The molecule has 26 heavy (non-hydrogen) atoms. The molecule has 0 fully saturated rings. The van der Waals surface area contributed by atoms with E-state index in [4.69, 9.17) is 4.74 Å². The lowest BCUT2D eigenvalue weighted by Crippen LogP contribution is -2.30. The Hall–Kier alpha value is -2.45. The number of methoxy groups -OCH3 is 1. The van der Waals surface area contributed by atoms with Crippen LogP contribution in [0.3, 0.4) is 0 Å². The average Bonchev–Trinajstić information content (AvgIpc) is 2.60. The summed E-state index contributed by atoms with van der Waals surface area (Å²) in [4.78, 5) is 10.1. The first-order chi connectivity index (χ1) is 12.2. The van der Waals surface area contributed by atoms with E-state index in [-0.39, 0.29) is 10.8 Å². The highest BCUT2D eigenvalue weighted by atomic mass is 32.2. The standard InChI is InChI=1S/C18H22N2O5S/c1-13(2)12-16(14-8-10-15(25-3)11-9-14)19-26(23,24)18-7-5-4-6-17(18)20(21)22/h4-11,13,16,19H,12H2,1-3H3/t16-/m0/s1. The smallest absolute Gasteiger partial charge is 0.289 e. The minimum atomic E-state index is -4.07. The third-order valence-corrected chi connectivity index (χ3v) is 5.39. The Kier molecular flexibility index (Phi) is 6.33. The van der Waals surface area contributed by atoms with Crippen LogP contribution in [-0.4, -0.2) is 20.5 Å². The van der Waals surface area contributed by atoms with Crippen molar-refractivity contribution in [1.82, 2.24) is 4.72 Å². The van der Waals surface area contributed by atoms with E-state index in [1.54, 1.807) is 31.4 Å². The third kappa shape index (κ3) is 4.80. The second-order valence-electron chi connectivity index (χ2n) is 6.30. The van der Waals surface area contributed by atoms with Crippen LogP contribution in [-0.2, 0) is 10.0 Å². The molecule has 0 aliphatic carbocycles. The molecule has 0 spiro atoms. The Bertz CT molecular complexity index is 863. The molecule has 0 saturated heterocycles. The molecule has 0 amide bonds. The molecule has 0 saturated carbocycles. The Morgan fingerprint density at radius 1 is 1.12 bits per heavy atom. The van der Waals surface area contributed by atoms with Gasteiger partial charge in [0.25, 0.3) is 5.69 Å². The lowest BCUT2D eigenvalue weighted by molar-refractivity contribution is -0.387. The van der Waals surface area contributed by atoms with Crippen LogP contribution >= 0.6 is 0 Å². The Morgan fingerprint density at radius 3 is 2.27 bits per heavy atom. The Balaban J connectivity index is 2.39. The number of nitrogens with zero attached hydrogens (tertiary/aromatic N) is 1. The molecule has 0 heterocycles. The van der Waals surface area contributed by atoms with Gasteiger partial charge in [-0.05, 0) is 36.1 Å². The summed E-state index contributed by atoms with van der Waals surface area (Å²) in [5.41, 5.74) is 0.319. The van der Waals surface area contributed by atoms with Gasteiger partial charge in [0.15, 0.2) is 4.90 Å². The van der Waals surface area contributed by atoms with Crippen LogP contribution in [0.5, 0.6) is 5.75 Å². The number of nitro benzene ring substituents is 1. The number of benzene rings is 2. The van der Waals surface area contributed by atoms with Gasteiger partial charge in [0.2, 0.25) is 10.0 Å². The number of para-hydroxylation sites is 1. The molecule has 140 valence electrons. The average molecular weight is 378 g/mol. The second-order valence-corrected chi connectivity index (χ2v) is 7.98. The molecular formula is C18H22N2O5S. The van der Waals surface area contributed by atoms with E-state index in [1.165, 1.54) is 24.3 Å². The molecule has 0 bridgehead atoms. The van der Waals surface area contributed by atoms with Crippen molar-refractivity contribution in [3.8, 4) is 5.75 Å². The predicted molar refractivity (Wildman–Crippen MR) is 98.6 cm³/mol. The van der Waals surface area contributed by atoms with Gasteiger partial charge < -0.3 is 4.74 Å². The zero-order chi connectivity index (χ0) is 19.3. The van der Waals surface area contributed by atoms with Crippen LogP contribution in [0.25, 0.3) is 0 Å². The topological polar surface area (TPSA) is 98.5 Å². The fraction of sp³-hybridized carbons (Fsp3) is 0.333. The van der Waals surface area contributed by atoms with Crippen molar-refractivity contribution < 1.29 is 18.1 Å². The van der Waals surface area contributed by atoms with Gasteiger partial charge in [-0.25, -0.2) is 13.1 Å². The van der Waals surface area contributed by atoms with Gasteiger partial charge in [0.05, 0.1) is 12.0 Å². The number of sulfonamides is 1. The first-order valence-electron chi connectivity index (χ1n) is 8.14. The van der Waals surface area contributed by atoms with Crippen molar-refractivity contribution in [1.29, 1.82) is 0 Å². The van der Waals surface area contributed by atoms with E-state index in [0.29, 0.717) is 12.2 Å². The van der Waals surface area contributed by atoms with E-state index in [2.05, 4.69) is 4.72 Å². The molecular weight excluding hydrogens is 356 g/mol. The van der Waals surface area contributed by atoms with E-state index >= 15 is 0 Å². The molecule has 0 aliphatic rings. The molecule has 2 rings (SSSR count). The van der Waals surface area contributed by atoms with Crippen molar-refractivity contribution in [3.63, 3.8) is 0 Å². The second kappa shape index (κ2) is 8.29. The summed E-state index contributed by atoms with van der Waals surface area (Å²) in [5, 5.41) is 11.2. The summed E-state index contributed by atoms with van der Waals surface area (Å²) in [6.07, 6.45) is 0.548. The van der Waals surface area contributed by atoms with Gasteiger partial charge >= 0.3 is 0 Å². The highest BCUT2D eigenvalue weighted by Crippen LogP contribution is 2.28. The number of nitrogens with one attached hydrogen (secondary N) is 1. The van der Waals surface area contributed by atoms with Gasteiger partial charge in [0.1, 0.15) is 5.75 Å². The molecule has 2 aromatic carbocycles. The van der Waals surface area contributed by atoms with Crippen molar-refractivity contribution >= 4 is 15.7 Å². The maximum Gasteiger partial charge on any atom is 0.289 e. The zero-order valence-electron chi connectivity index (χ0n) is 14.9. The maximum atomic E-state index is 12.8. The lowest BCUT2D eigenvalue weighted by Gasteiger charge is -2.21. The van der Waals surface area contributed by atoms with Crippen molar-refractivity contribution in [2.45, 2.75) is 31.2 Å². The molecule has 7 nitrogen and oxygen atoms in total. The lowest BCUT2D eigenvalue weighted by atomic mass is 9.98. The number of ether oxygens (including phenoxy) is 1. The first-order valence-corrected chi connectivity index (χ1v) is 9.62. The monoisotopic (exact) mass is 378 g/mol. The molecule has 8 heteroatoms. The van der Waals surface area contributed by atoms with Crippen molar-refractivity contribution in [2.75, 3.05) is 7.11 Å². The van der Waals surface area contributed by atoms with Gasteiger partial charge in [-0.15, -0.1) is 0 Å². The Morgan fingerprint density at radius 2 is 1.73 bits per heavy atom. The van der Waals surface area contributed by atoms with Crippen LogP contribution in [0.1, 0.15) is 31.9 Å². The highest BCUT2D eigenvalue weighted by Gasteiger charge is 2.28. The number of rotatable bonds is 8. The van der Waals surface area contributed by atoms with E-state index in [0.717, 1.165) is 5.56 Å². The summed E-state index contributed by atoms with van der Waals surface area (Å²) in [7, 11) is -2.51.